The third-order valence-corrected chi connectivity index (χ3v) is 3.72. The first-order chi connectivity index (χ1) is 10.2. The molecule has 3 rings (SSSR count). The molecule has 1 heterocycles. The molecular weight excluding hydrogens is 286 g/mol. The van der Waals surface area contributed by atoms with Crippen LogP contribution in [0.15, 0.2) is 48.7 Å². The summed E-state index contributed by atoms with van der Waals surface area (Å²) in [4.78, 5) is 0. The SMILES string of the molecule is OC(CNCc1cccc2cn[nH]c12)c1ccc(Cl)cc1. The van der Waals surface area contributed by atoms with Gasteiger partial charge in [-0.3, -0.25) is 5.10 Å². The lowest BCUT2D eigenvalue weighted by atomic mass is 10.1. The quantitative estimate of drug-likeness (QED) is 0.679. The second kappa shape index (κ2) is 6.26. The standard InChI is InChI=1S/C16H16ClN3O/c17-14-6-4-11(5-7-14)15(21)10-18-8-12-2-1-3-13-9-19-20-16(12)13/h1-7,9,15,18,21H,8,10H2,(H,19,20). The molecule has 0 radical (unpaired) electrons. The van der Waals surface area contributed by atoms with Crippen LogP contribution in [0.1, 0.15) is 17.2 Å². The molecule has 0 aliphatic heterocycles. The number of aromatic nitrogens is 2. The summed E-state index contributed by atoms with van der Waals surface area (Å²) < 4.78 is 0. The Morgan fingerprint density at radius 2 is 2.00 bits per heavy atom. The number of hydrogen-bond acceptors (Lipinski definition) is 3. The highest BCUT2D eigenvalue weighted by Gasteiger charge is 2.08. The minimum atomic E-state index is -0.553. The number of aliphatic hydroxyl groups is 1. The van der Waals surface area contributed by atoms with Gasteiger partial charge in [0.15, 0.2) is 0 Å². The van der Waals surface area contributed by atoms with Crippen molar-refractivity contribution in [1.82, 2.24) is 15.5 Å². The van der Waals surface area contributed by atoms with Crippen LogP contribution in [0.25, 0.3) is 10.9 Å². The fraction of sp³-hybridized carbons (Fsp3) is 0.188. The lowest BCUT2D eigenvalue weighted by molar-refractivity contribution is 0.174. The zero-order chi connectivity index (χ0) is 14.7. The molecule has 5 heteroatoms. The number of halogens is 1. The average molecular weight is 302 g/mol. The molecule has 0 aliphatic rings. The Morgan fingerprint density at radius 1 is 1.19 bits per heavy atom. The first-order valence-electron chi connectivity index (χ1n) is 6.79. The van der Waals surface area contributed by atoms with Crippen LogP contribution < -0.4 is 5.32 Å². The molecule has 1 aromatic heterocycles. The number of rotatable bonds is 5. The van der Waals surface area contributed by atoms with E-state index in [2.05, 4.69) is 15.5 Å². The van der Waals surface area contributed by atoms with Gasteiger partial charge in [0, 0.05) is 23.5 Å². The van der Waals surface area contributed by atoms with Gasteiger partial charge < -0.3 is 10.4 Å². The number of fused-ring (bicyclic) bond motifs is 1. The maximum atomic E-state index is 10.1. The molecule has 21 heavy (non-hydrogen) atoms. The molecule has 1 unspecified atom stereocenters. The Balaban J connectivity index is 1.61. The maximum Gasteiger partial charge on any atom is 0.0914 e. The number of hydrogen-bond donors (Lipinski definition) is 3. The van der Waals surface area contributed by atoms with Crippen LogP contribution in [0, 0.1) is 0 Å². The molecule has 0 saturated carbocycles. The van der Waals surface area contributed by atoms with Crippen LogP contribution in [-0.4, -0.2) is 21.8 Å². The second-order valence-corrected chi connectivity index (χ2v) is 5.39. The summed E-state index contributed by atoms with van der Waals surface area (Å²) in [5.41, 5.74) is 3.02. The number of benzene rings is 2. The molecule has 4 nitrogen and oxygen atoms in total. The molecule has 0 saturated heterocycles. The van der Waals surface area contributed by atoms with Crippen LogP contribution in [-0.2, 0) is 6.54 Å². The molecule has 0 bridgehead atoms. The second-order valence-electron chi connectivity index (χ2n) is 4.95. The lowest BCUT2D eigenvalue weighted by Crippen LogP contribution is -2.21. The van der Waals surface area contributed by atoms with E-state index in [1.54, 1.807) is 18.3 Å². The number of nitrogens with one attached hydrogen (secondary N) is 2. The molecule has 3 aromatic rings. The highest BCUT2D eigenvalue weighted by molar-refractivity contribution is 6.30. The van der Waals surface area contributed by atoms with Crippen molar-refractivity contribution in [1.29, 1.82) is 0 Å². The van der Waals surface area contributed by atoms with Gasteiger partial charge in [0.05, 0.1) is 17.8 Å². The first kappa shape index (κ1) is 14.1. The van der Waals surface area contributed by atoms with Gasteiger partial charge in [-0.1, -0.05) is 41.9 Å². The molecule has 0 amide bonds. The number of H-pyrrole nitrogens is 1. The smallest absolute Gasteiger partial charge is 0.0914 e. The van der Waals surface area contributed by atoms with Gasteiger partial charge in [0.25, 0.3) is 0 Å². The van der Waals surface area contributed by atoms with E-state index in [1.165, 1.54) is 0 Å². The third-order valence-electron chi connectivity index (χ3n) is 3.47. The van der Waals surface area contributed by atoms with Crippen molar-refractivity contribution in [2.75, 3.05) is 6.54 Å². The van der Waals surface area contributed by atoms with Crippen LogP contribution in [0.3, 0.4) is 0 Å². The molecular formula is C16H16ClN3O. The molecule has 0 fully saturated rings. The number of nitrogens with zero attached hydrogens (tertiary/aromatic N) is 1. The summed E-state index contributed by atoms with van der Waals surface area (Å²) >= 11 is 5.84. The number of aromatic amines is 1. The van der Waals surface area contributed by atoms with Crippen LogP contribution in [0.2, 0.25) is 5.02 Å². The Hall–Kier alpha value is -1.88. The molecule has 0 spiro atoms. The first-order valence-corrected chi connectivity index (χ1v) is 7.17. The van der Waals surface area contributed by atoms with Gasteiger partial charge in [-0.25, -0.2) is 0 Å². The van der Waals surface area contributed by atoms with Crippen LogP contribution in [0.4, 0.5) is 0 Å². The van der Waals surface area contributed by atoms with E-state index in [1.807, 2.05) is 30.3 Å². The van der Waals surface area contributed by atoms with E-state index in [0.29, 0.717) is 18.1 Å². The highest BCUT2D eigenvalue weighted by Crippen LogP contribution is 2.17. The van der Waals surface area contributed by atoms with Gasteiger partial charge >= 0.3 is 0 Å². The minimum absolute atomic E-state index is 0.478. The summed E-state index contributed by atoms with van der Waals surface area (Å²) in [6, 6.07) is 13.3. The van der Waals surface area contributed by atoms with Crippen molar-refractivity contribution in [2.45, 2.75) is 12.6 Å². The predicted molar refractivity (Wildman–Crippen MR) is 84.2 cm³/mol. The van der Waals surface area contributed by atoms with E-state index in [9.17, 15) is 5.11 Å². The fourth-order valence-corrected chi connectivity index (χ4v) is 2.45. The van der Waals surface area contributed by atoms with Crippen molar-refractivity contribution in [3.8, 4) is 0 Å². The average Bonchev–Trinajstić information content (AvgIpc) is 2.97. The Morgan fingerprint density at radius 3 is 2.81 bits per heavy atom. The van der Waals surface area contributed by atoms with Crippen molar-refractivity contribution in [3.63, 3.8) is 0 Å². The normalized spacial score (nSPS) is 12.7. The molecule has 108 valence electrons. The maximum absolute atomic E-state index is 10.1. The van der Waals surface area contributed by atoms with Crippen molar-refractivity contribution >= 4 is 22.5 Å². The summed E-state index contributed by atoms with van der Waals surface area (Å²) in [6.45, 7) is 1.15. The molecule has 1 atom stereocenters. The zero-order valence-electron chi connectivity index (χ0n) is 11.4. The topological polar surface area (TPSA) is 60.9 Å². The minimum Gasteiger partial charge on any atom is -0.387 e. The van der Waals surface area contributed by atoms with E-state index >= 15 is 0 Å². The summed E-state index contributed by atoms with van der Waals surface area (Å²) in [5, 5.41) is 22.2. The molecule has 0 aliphatic carbocycles. The highest BCUT2D eigenvalue weighted by atomic mass is 35.5. The van der Waals surface area contributed by atoms with Crippen LogP contribution in [0.5, 0.6) is 0 Å². The Bertz CT molecular complexity index is 724. The molecule has 2 aromatic carbocycles. The molecule has 3 N–H and O–H groups in total. The Labute approximate surface area is 127 Å². The van der Waals surface area contributed by atoms with Crippen molar-refractivity contribution in [3.05, 3.63) is 64.8 Å². The monoisotopic (exact) mass is 301 g/mol. The lowest BCUT2D eigenvalue weighted by Gasteiger charge is -2.12. The van der Waals surface area contributed by atoms with Gasteiger partial charge in [0.2, 0.25) is 0 Å². The summed E-state index contributed by atoms with van der Waals surface area (Å²) in [6.07, 6.45) is 1.25. The number of para-hydroxylation sites is 1. The van der Waals surface area contributed by atoms with Gasteiger partial charge in [-0.15, -0.1) is 0 Å². The number of aliphatic hydroxyl groups excluding tert-OH is 1. The predicted octanol–water partition coefficient (Wildman–Crippen LogP) is 3.04. The summed E-state index contributed by atoms with van der Waals surface area (Å²) in [7, 11) is 0. The van der Waals surface area contributed by atoms with Crippen molar-refractivity contribution in [2.24, 2.45) is 0 Å². The van der Waals surface area contributed by atoms with Gasteiger partial charge in [-0.05, 0) is 23.3 Å². The van der Waals surface area contributed by atoms with E-state index in [4.69, 9.17) is 11.6 Å². The third kappa shape index (κ3) is 3.24. The largest absolute Gasteiger partial charge is 0.387 e. The Kier molecular flexibility index (Phi) is 4.20. The zero-order valence-corrected chi connectivity index (χ0v) is 12.1. The van der Waals surface area contributed by atoms with Gasteiger partial charge in [-0.2, -0.15) is 5.10 Å². The van der Waals surface area contributed by atoms with E-state index in [-0.39, 0.29) is 0 Å². The van der Waals surface area contributed by atoms with E-state index in [0.717, 1.165) is 22.0 Å². The van der Waals surface area contributed by atoms with Crippen molar-refractivity contribution < 1.29 is 5.11 Å². The van der Waals surface area contributed by atoms with Gasteiger partial charge in [0.1, 0.15) is 0 Å². The summed E-state index contributed by atoms with van der Waals surface area (Å²) in [5.74, 6) is 0. The van der Waals surface area contributed by atoms with Crippen LogP contribution >= 0.6 is 11.6 Å². The fourth-order valence-electron chi connectivity index (χ4n) is 2.32. The van der Waals surface area contributed by atoms with E-state index < -0.39 is 6.10 Å².